The minimum Gasteiger partial charge on any atom is -0.412 e. The fourth-order valence-corrected chi connectivity index (χ4v) is 5.81. The Bertz CT molecular complexity index is 1170. The van der Waals surface area contributed by atoms with Gasteiger partial charge in [-0.05, 0) is 48.5 Å². The molecule has 0 bridgehead atoms. The number of imide groups is 1. The molecule has 1 unspecified atom stereocenters. The highest BCUT2D eigenvalue weighted by Gasteiger charge is 2.43. The van der Waals surface area contributed by atoms with Crippen LogP contribution in [0.25, 0.3) is 0 Å². The SMILES string of the molecule is [B]C(=O)NC(Cc1ccccc1)[C@H](C[C@H](Cc1ccccc1)C(=O)ON1C(=O)CCC1=O)O[Si](C)(C)C(C)(C)C. The minimum absolute atomic E-state index is 0.00819. The maximum atomic E-state index is 13.6. The van der Waals surface area contributed by atoms with Crippen LogP contribution < -0.4 is 5.32 Å². The molecule has 3 rings (SSSR count). The fourth-order valence-electron chi connectivity index (χ4n) is 4.44. The molecule has 2 aromatic carbocycles. The Kier molecular flexibility index (Phi) is 10.5. The molecule has 10 heteroatoms. The van der Waals surface area contributed by atoms with Crippen molar-refractivity contribution in [1.29, 1.82) is 0 Å². The second kappa shape index (κ2) is 13.4. The standard InChI is InChI=1S/C30H39BN2O6Si/c1-30(2,3)40(4,5)39-25(24(32-29(31)37)19-22-14-10-7-11-15-22)20-23(18-21-12-8-6-9-13-21)28(36)38-33-26(34)16-17-27(33)35/h6-15,23-25H,16-20H2,1-5H3,(H,32,37)/t23-,24?,25-/m0/s1. The van der Waals surface area contributed by atoms with Gasteiger partial charge in [0.15, 0.2) is 14.1 Å². The van der Waals surface area contributed by atoms with Gasteiger partial charge in [0, 0.05) is 12.8 Å². The van der Waals surface area contributed by atoms with Crippen molar-refractivity contribution < 1.29 is 28.4 Å². The van der Waals surface area contributed by atoms with Gasteiger partial charge in [-0.25, -0.2) is 4.79 Å². The van der Waals surface area contributed by atoms with E-state index in [1.165, 1.54) is 0 Å². The molecule has 1 aliphatic heterocycles. The van der Waals surface area contributed by atoms with Crippen molar-refractivity contribution in [2.75, 3.05) is 0 Å². The average molecular weight is 563 g/mol. The van der Waals surface area contributed by atoms with Gasteiger partial charge in [-0.1, -0.05) is 81.4 Å². The maximum absolute atomic E-state index is 13.6. The van der Waals surface area contributed by atoms with E-state index >= 15 is 0 Å². The number of benzene rings is 2. The van der Waals surface area contributed by atoms with Gasteiger partial charge in [0.1, 0.15) is 0 Å². The molecular weight excluding hydrogens is 523 g/mol. The molecule has 1 saturated heterocycles. The van der Waals surface area contributed by atoms with E-state index in [-0.39, 0.29) is 24.3 Å². The van der Waals surface area contributed by atoms with Crippen LogP contribution in [0.5, 0.6) is 0 Å². The maximum Gasteiger partial charge on any atom is 0.336 e. The third-order valence-electron chi connectivity index (χ3n) is 7.69. The lowest BCUT2D eigenvalue weighted by molar-refractivity contribution is -0.201. The molecule has 1 heterocycles. The number of hydroxylamine groups is 2. The van der Waals surface area contributed by atoms with Crippen LogP contribution in [0.2, 0.25) is 18.1 Å². The zero-order valence-corrected chi connectivity index (χ0v) is 25.0. The lowest BCUT2D eigenvalue weighted by atomic mass is 9.89. The summed E-state index contributed by atoms with van der Waals surface area (Å²) in [5.74, 6) is -3.24. The van der Waals surface area contributed by atoms with E-state index in [1.807, 2.05) is 60.7 Å². The topological polar surface area (TPSA) is 102 Å². The lowest BCUT2D eigenvalue weighted by Gasteiger charge is -2.42. The highest BCUT2D eigenvalue weighted by molar-refractivity contribution is 6.74. The lowest BCUT2D eigenvalue weighted by Crippen LogP contribution is -2.53. The van der Waals surface area contributed by atoms with Crippen LogP contribution in [0, 0.1) is 5.92 Å². The van der Waals surface area contributed by atoms with E-state index in [2.05, 4.69) is 39.2 Å². The summed E-state index contributed by atoms with van der Waals surface area (Å²) >= 11 is 0. The Balaban J connectivity index is 1.99. The van der Waals surface area contributed by atoms with Gasteiger partial charge in [0.25, 0.3) is 11.8 Å². The number of hydrogen-bond acceptors (Lipinski definition) is 6. The minimum atomic E-state index is -2.41. The number of rotatable bonds is 12. The molecule has 3 amide bonds. The summed E-state index contributed by atoms with van der Waals surface area (Å²) in [6, 6.07) is 18.6. The van der Waals surface area contributed by atoms with Gasteiger partial charge in [-0.2, -0.15) is 0 Å². The summed E-state index contributed by atoms with van der Waals surface area (Å²) in [5.41, 5.74) is 1.86. The Morgan fingerprint density at radius 3 is 1.90 bits per heavy atom. The quantitative estimate of drug-likeness (QED) is 0.297. The van der Waals surface area contributed by atoms with Crippen LogP contribution in [0.4, 0.5) is 4.79 Å². The summed E-state index contributed by atoms with van der Waals surface area (Å²) in [4.78, 5) is 55.5. The van der Waals surface area contributed by atoms with E-state index in [9.17, 15) is 19.2 Å². The molecule has 1 aliphatic rings. The average Bonchev–Trinajstić information content (AvgIpc) is 3.19. The van der Waals surface area contributed by atoms with Crippen LogP contribution >= 0.6 is 0 Å². The van der Waals surface area contributed by atoms with Crippen molar-refractivity contribution in [2.24, 2.45) is 5.92 Å². The van der Waals surface area contributed by atoms with E-state index in [1.54, 1.807) is 0 Å². The zero-order chi connectivity index (χ0) is 29.5. The van der Waals surface area contributed by atoms with Gasteiger partial charge in [0.05, 0.1) is 18.1 Å². The molecule has 2 aromatic rings. The van der Waals surface area contributed by atoms with Crippen molar-refractivity contribution in [2.45, 2.75) is 83.2 Å². The Morgan fingerprint density at radius 2 is 1.43 bits per heavy atom. The summed E-state index contributed by atoms with van der Waals surface area (Å²) < 4.78 is 6.88. The molecular formula is C30H39BN2O6Si. The summed E-state index contributed by atoms with van der Waals surface area (Å²) in [6.45, 7) is 10.6. The molecule has 1 fully saturated rings. The predicted octanol–water partition coefficient (Wildman–Crippen LogP) is 4.72. The molecule has 1 N–H and O–H groups in total. The van der Waals surface area contributed by atoms with Crippen molar-refractivity contribution in [3.63, 3.8) is 0 Å². The van der Waals surface area contributed by atoms with Crippen LogP contribution in [0.3, 0.4) is 0 Å². The molecule has 2 radical (unpaired) electrons. The fraction of sp³-hybridized carbons (Fsp3) is 0.467. The molecule has 0 saturated carbocycles. The molecule has 212 valence electrons. The van der Waals surface area contributed by atoms with Crippen molar-refractivity contribution >= 4 is 39.8 Å². The van der Waals surface area contributed by atoms with Crippen LogP contribution in [-0.4, -0.2) is 57.0 Å². The highest BCUT2D eigenvalue weighted by Crippen LogP contribution is 2.39. The normalized spacial score (nSPS) is 16.4. The number of nitrogens with zero attached hydrogens (tertiary/aromatic N) is 1. The zero-order valence-electron chi connectivity index (χ0n) is 24.0. The number of amides is 3. The van der Waals surface area contributed by atoms with E-state index < -0.39 is 50.0 Å². The molecule has 8 nitrogen and oxygen atoms in total. The Hall–Kier alpha value is -3.24. The van der Waals surface area contributed by atoms with Gasteiger partial charge < -0.3 is 14.6 Å². The first kappa shape index (κ1) is 31.3. The molecule has 0 spiro atoms. The van der Waals surface area contributed by atoms with E-state index in [0.717, 1.165) is 11.1 Å². The summed E-state index contributed by atoms with van der Waals surface area (Å²) in [5, 5.41) is 3.29. The number of nitrogens with one attached hydrogen (secondary N) is 1. The number of carbonyl (C=O) groups is 4. The van der Waals surface area contributed by atoms with Gasteiger partial charge in [-0.3, -0.25) is 14.4 Å². The summed E-state index contributed by atoms with van der Waals surface area (Å²) in [6.07, 6.45) is 0.303. The first-order chi connectivity index (χ1) is 18.8. The largest absolute Gasteiger partial charge is 0.412 e. The predicted molar refractivity (Wildman–Crippen MR) is 156 cm³/mol. The molecule has 0 aliphatic carbocycles. The smallest absolute Gasteiger partial charge is 0.336 e. The van der Waals surface area contributed by atoms with Crippen molar-refractivity contribution in [3.05, 3.63) is 71.8 Å². The molecule has 3 atom stereocenters. The first-order valence-electron chi connectivity index (χ1n) is 13.7. The van der Waals surface area contributed by atoms with Crippen LogP contribution in [0.15, 0.2) is 60.7 Å². The Morgan fingerprint density at radius 1 is 0.925 bits per heavy atom. The molecule has 0 aromatic heterocycles. The Labute approximate surface area is 239 Å². The van der Waals surface area contributed by atoms with Gasteiger partial charge in [-0.15, -0.1) is 5.06 Å². The van der Waals surface area contributed by atoms with Crippen molar-refractivity contribution in [1.82, 2.24) is 10.4 Å². The third-order valence-corrected chi connectivity index (χ3v) is 12.2. The van der Waals surface area contributed by atoms with Gasteiger partial charge >= 0.3 is 5.97 Å². The second-order valence-corrected chi connectivity index (χ2v) is 16.6. The third kappa shape index (κ3) is 8.63. The van der Waals surface area contributed by atoms with E-state index in [4.69, 9.17) is 17.1 Å². The van der Waals surface area contributed by atoms with Crippen molar-refractivity contribution in [3.8, 4) is 0 Å². The highest BCUT2D eigenvalue weighted by atomic mass is 28.4. The number of hydrogen-bond donors (Lipinski definition) is 1. The first-order valence-corrected chi connectivity index (χ1v) is 16.6. The number of carbonyl (C=O) groups excluding carboxylic acids is 4. The van der Waals surface area contributed by atoms with Crippen LogP contribution in [-0.2, 0) is 36.5 Å². The molecule has 40 heavy (non-hydrogen) atoms. The summed E-state index contributed by atoms with van der Waals surface area (Å²) in [7, 11) is 3.21. The van der Waals surface area contributed by atoms with E-state index in [0.29, 0.717) is 17.9 Å². The van der Waals surface area contributed by atoms with Crippen LogP contribution in [0.1, 0.15) is 51.2 Å². The monoisotopic (exact) mass is 562 g/mol. The van der Waals surface area contributed by atoms with Gasteiger partial charge in [0.2, 0.25) is 7.85 Å². The second-order valence-electron chi connectivity index (χ2n) is 11.8.